The van der Waals surface area contributed by atoms with Crippen LogP contribution in [0.5, 0.6) is 5.75 Å². The molecule has 1 aromatic rings. The highest BCUT2D eigenvalue weighted by Gasteiger charge is 2.30. The SMILES string of the molecule is COc1ccc(C(O)C2CCCC2C)cc1. The minimum atomic E-state index is -0.316. The van der Waals surface area contributed by atoms with Gasteiger partial charge in [0, 0.05) is 0 Å². The molecule has 1 N–H and O–H groups in total. The van der Waals surface area contributed by atoms with Crippen LogP contribution >= 0.6 is 0 Å². The molecule has 1 saturated carbocycles. The molecule has 0 saturated heterocycles. The summed E-state index contributed by atoms with van der Waals surface area (Å²) in [6, 6.07) is 7.76. The summed E-state index contributed by atoms with van der Waals surface area (Å²) in [5, 5.41) is 10.3. The van der Waals surface area contributed by atoms with Crippen LogP contribution in [0.25, 0.3) is 0 Å². The summed E-state index contributed by atoms with van der Waals surface area (Å²) in [6.07, 6.45) is 3.33. The third-order valence-corrected chi connectivity index (χ3v) is 3.79. The first-order valence-corrected chi connectivity index (χ1v) is 6.04. The molecule has 88 valence electrons. The number of hydrogen-bond acceptors (Lipinski definition) is 2. The van der Waals surface area contributed by atoms with Crippen molar-refractivity contribution in [1.29, 1.82) is 0 Å². The molecule has 1 aliphatic carbocycles. The Kier molecular flexibility index (Phi) is 3.49. The zero-order valence-electron chi connectivity index (χ0n) is 10.0. The van der Waals surface area contributed by atoms with Gasteiger partial charge >= 0.3 is 0 Å². The molecule has 3 unspecified atom stereocenters. The van der Waals surface area contributed by atoms with E-state index in [9.17, 15) is 5.11 Å². The van der Waals surface area contributed by atoms with Crippen LogP contribution in [0.15, 0.2) is 24.3 Å². The third kappa shape index (κ3) is 2.22. The first-order chi connectivity index (χ1) is 7.72. The monoisotopic (exact) mass is 220 g/mol. The number of rotatable bonds is 3. The highest BCUT2D eigenvalue weighted by Crippen LogP contribution is 2.40. The van der Waals surface area contributed by atoms with Crippen molar-refractivity contribution in [3.05, 3.63) is 29.8 Å². The summed E-state index contributed by atoms with van der Waals surface area (Å²) in [4.78, 5) is 0. The number of hydrogen-bond donors (Lipinski definition) is 1. The molecule has 2 nitrogen and oxygen atoms in total. The van der Waals surface area contributed by atoms with Gasteiger partial charge in [-0.05, 0) is 36.0 Å². The van der Waals surface area contributed by atoms with Crippen LogP contribution in [-0.4, -0.2) is 12.2 Å². The van der Waals surface area contributed by atoms with E-state index in [-0.39, 0.29) is 6.10 Å². The Morgan fingerprint density at radius 3 is 2.44 bits per heavy atom. The molecular weight excluding hydrogens is 200 g/mol. The Morgan fingerprint density at radius 2 is 1.94 bits per heavy atom. The first-order valence-electron chi connectivity index (χ1n) is 6.04. The van der Waals surface area contributed by atoms with E-state index in [4.69, 9.17) is 4.74 Å². The summed E-state index contributed by atoms with van der Waals surface area (Å²) >= 11 is 0. The maximum atomic E-state index is 10.3. The van der Waals surface area contributed by atoms with E-state index >= 15 is 0 Å². The first kappa shape index (κ1) is 11.5. The Hall–Kier alpha value is -1.02. The van der Waals surface area contributed by atoms with Crippen molar-refractivity contribution in [1.82, 2.24) is 0 Å². The second kappa shape index (κ2) is 4.88. The van der Waals surface area contributed by atoms with E-state index in [2.05, 4.69) is 6.92 Å². The van der Waals surface area contributed by atoms with Gasteiger partial charge in [0.05, 0.1) is 13.2 Å². The maximum Gasteiger partial charge on any atom is 0.118 e. The fraction of sp³-hybridized carbons (Fsp3) is 0.571. The van der Waals surface area contributed by atoms with Crippen molar-refractivity contribution >= 4 is 0 Å². The van der Waals surface area contributed by atoms with Gasteiger partial charge in [0.2, 0.25) is 0 Å². The second-order valence-corrected chi connectivity index (χ2v) is 4.79. The minimum absolute atomic E-state index is 0.316. The lowest BCUT2D eigenvalue weighted by Gasteiger charge is -2.22. The van der Waals surface area contributed by atoms with Crippen LogP contribution in [0.4, 0.5) is 0 Å². The predicted molar refractivity (Wildman–Crippen MR) is 64.5 cm³/mol. The Labute approximate surface area is 97.3 Å². The summed E-state index contributed by atoms with van der Waals surface area (Å²) < 4.78 is 5.11. The van der Waals surface area contributed by atoms with Gasteiger partial charge in [-0.2, -0.15) is 0 Å². The van der Waals surface area contributed by atoms with Gasteiger partial charge in [0.15, 0.2) is 0 Å². The minimum Gasteiger partial charge on any atom is -0.497 e. The van der Waals surface area contributed by atoms with E-state index in [0.717, 1.165) is 17.7 Å². The van der Waals surface area contributed by atoms with Crippen LogP contribution in [-0.2, 0) is 0 Å². The summed E-state index contributed by atoms with van der Waals surface area (Å²) in [5.41, 5.74) is 1.01. The molecule has 1 fully saturated rings. The highest BCUT2D eigenvalue weighted by atomic mass is 16.5. The number of benzene rings is 1. The molecule has 0 amide bonds. The number of ether oxygens (including phenoxy) is 1. The van der Waals surface area contributed by atoms with Gasteiger partial charge in [-0.1, -0.05) is 31.9 Å². The molecule has 2 rings (SSSR count). The van der Waals surface area contributed by atoms with Crippen molar-refractivity contribution in [2.75, 3.05) is 7.11 Å². The molecule has 0 radical (unpaired) electrons. The van der Waals surface area contributed by atoms with Crippen LogP contribution in [0.3, 0.4) is 0 Å². The molecule has 1 aliphatic rings. The largest absolute Gasteiger partial charge is 0.497 e. The van der Waals surface area contributed by atoms with Crippen molar-refractivity contribution in [2.24, 2.45) is 11.8 Å². The van der Waals surface area contributed by atoms with Crippen LogP contribution < -0.4 is 4.74 Å². The standard InChI is InChI=1S/C14H20O2/c1-10-4-3-5-13(10)14(15)11-6-8-12(16-2)9-7-11/h6-10,13-15H,3-5H2,1-2H3. The topological polar surface area (TPSA) is 29.5 Å². The van der Waals surface area contributed by atoms with Gasteiger partial charge in [-0.3, -0.25) is 0 Å². The maximum absolute atomic E-state index is 10.3. The summed E-state index contributed by atoms with van der Waals surface area (Å²) in [7, 11) is 1.66. The van der Waals surface area contributed by atoms with E-state index in [1.54, 1.807) is 7.11 Å². The smallest absolute Gasteiger partial charge is 0.118 e. The summed E-state index contributed by atoms with van der Waals surface area (Å²) in [6.45, 7) is 2.24. The quantitative estimate of drug-likeness (QED) is 0.847. The Balaban J connectivity index is 2.10. The number of methoxy groups -OCH3 is 1. The van der Waals surface area contributed by atoms with Crippen molar-refractivity contribution in [3.8, 4) is 5.75 Å². The van der Waals surface area contributed by atoms with Crippen LogP contribution in [0.2, 0.25) is 0 Å². The Bertz CT molecular complexity index is 331. The van der Waals surface area contributed by atoms with Crippen LogP contribution in [0.1, 0.15) is 37.9 Å². The van der Waals surface area contributed by atoms with Crippen LogP contribution in [0, 0.1) is 11.8 Å². The Morgan fingerprint density at radius 1 is 1.25 bits per heavy atom. The van der Waals surface area contributed by atoms with E-state index in [0.29, 0.717) is 11.8 Å². The van der Waals surface area contributed by atoms with E-state index in [1.165, 1.54) is 12.8 Å². The number of aliphatic hydroxyl groups is 1. The number of aliphatic hydroxyl groups excluding tert-OH is 1. The zero-order valence-corrected chi connectivity index (χ0v) is 10.0. The fourth-order valence-corrected chi connectivity index (χ4v) is 2.69. The molecule has 0 bridgehead atoms. The van der Waals surface area contributed by atoms with Gasteiger partial charge in [-0.15, -0.1) is 0 Å². The lowest BCUT2D eigenvalue weighted by molar-refractivity contribution is 0.0900. The van der Waals surface area contributed by atoms with Gasteiger partial charge in [-0.25, -0.2) is 0 Å². The predicted octanol–water partition coefficient (Wildman–Crippen LogP) is 3.16. The van der Waals surface area contributed by atoms with Crippen molar-refractivity contribution < 1.29 is 9.84 Å². The fourth-order valence-electron chi connectivity index (χ4n) is 2.69. The van der Waals surface area contributed by atoms with Crippen molar-refractivity contribution in [3.63, 3.8) is 0 Å². The van der Waals surface area contributed by atoms with Gasteiger partial charge in [0.1, 0.15) is 5.75 Å². The summed E-state index contributed by atoms with van der Waals surface area (Å²) in [5.74, 6) is 1.90. The van der Waals surface area contributed by atoms with E-state index < -0.39 is 0 Å². The van der Waals surface area contributed by atoms with Crippen molar-refractivity contribution in [2.45, 2.75) is 32.3 Å². The molecule has 3 atom stereocenters. The molecule has 1 aromatic carbocycles. The molecule has 16 heavy (non-hydrogen) atoms. The van der Waals surface area contributed by atoms with Gasteiger partial charge < -0.3 is 9.84 Å². The molecule has 0 spiro atoms. The molecule has 0 heterocycles. The lowest BCUT2D eigenvalue weighted by atomic mass is 9.88. The molecule has 2 heteroatoms. The van der Waals surface area contributed by atoms with E-state index in [1.807, 2.05) is 24.3 Å². The van der Waals surface area contributed by atoms with Gasteiger partial charge in [0.25, 0.3) is 0 Å². The molecular formula is C14H20O2. The molecule has 0 aliphatic heterocycles. The average Bonchev–Trinajstić information content (AvgIpc) is 2.75. The molecule has 0 aromatic heterocycles. The second-order valence-electron chi connectivity index (χ2n) is 4.79. The highest BCUT2D eigenvalue weighted by molar-refractivity contribution is 5.28. The normalized spacial score (nSPS) is 26.7. The third-order valence-electron chi connectivity index (χ3n) is 3.79. The lowest BCUT2D eigenvalue weighted by Crippen LogP contribution is -2.14. The zero-order chi connectivity index (χ0) is 11.5. The average molecular weight is 220 g/mol.